The fourth-order valence-corrected chi connectivity index (χ4v) is 1.38. The van der Waals surface area contributed by atoms with Crippen LogP contribution in [0.3, 0.4) is 0 Å². The molecule has 102 valence electrons. The largest absolute Gasteiger partial charge is 0.464 e. The number of amides is 1. The molecule has 6 heteroatoms. The van der Waals surface area contributed by atoms with Crippen molar-refractivity contribution in [2.24, 2.45) is 0 Å². The molecule has 1 unspecified atom stereocenters. The Morgan fingerprint density at radius 1 is 1.37 bits per heavy atom. The maximum absolute atomic E-state index is 11.8. The fraction of sp³-hybridized carbons (Fsp3) is 0.308. The molecule has 0 spiro atoms. The highest BCUT2D eigenvalue weighted by molar-refractivity contribution is 5.97. The topological polar surface area (TPSA) is 92.7 Å². The Kier molecular flexibility index (Phi) is 5.69. The number of aliphatic hydroxyl groups excluding tert-OH is 1. The van der Waals surface area contributed by atoms with Crippen molar-refractivity contribution in [3.05, 3.63) is 35.4 Å². The van der Waals surface area contributed by atoms with Gasteiger partial charge in [0, 0.05) is 11.1 Å². The van der Waals surface area contributed by atoms with Crippen LogP contribution in [0.15, 0.2) is 24.3 Å². The first-order valence-electron chi connectivity index (χ1n) is 5.76. The Morgan fingerprint density at radius 3 is 2.47 bits per heavy atom. The molecule has 6 nitrogen and oxygen atoms in total. The lowest BCUT2D eigenvalue weighted by molar-refractivity contribution is -0.146. The molecule has 0 saturated carbocycles. The van der Waals surface area contributed by atoms with Gasteiger partial charge in [0.15, 0.2) is 6.04 Å². The molecule has 0 aliphatic rings. The monoisotopic (exact) mass is 265 g/mol. The Balaban J connectivity index is 2.70. The van der Waals surface area contributed by atoms with Gasteiger partial charge in [-0.05, 0) is 19.1 Å². The number of rotatable bonds is 6. The van der Waals surface area contributed by atoms with Gasteiger partial charge >= 0.3 is 5.97 Å². The second kappa shape index (κ2) is 7.27. The minimum atomic E-state index is -1.10. The van der Waals surface area contributed by atoms with E-state index in [4.69, 9.17) is 9.84 Å². The van der Waals surface area contributed by atoms with Crippen LogP contribution in [0.25, 0.3) is 0 Å². The van der Waals surface area contributed by atoms with E-state index in [-0.39, 0.29) is 12.2 Å². The molecule has 2 N–H and O–H groups in total. The standard InChI is InChI=1S/C13H15NO5/c1-2-19-13(18)11(8-16)14-12(17)10-5-3-9(7-15)4-6-10/h3-7,11,16H,2,8H2,1H3,(H,14,17). The van der Waals surface area contributed by atoms with Crippen LogP contribution in [0.4, 0.5) is 0 Å². The molecule has 1 amide bonds. The average Bonchev–Trinajstić information content (AvgIpc) is 2.44. The lowest BCUT2D eigenvalue weighted by Crippen LogP contribution is -2.44. The molecular weight excluding hydrogens is 250 g/mol. The van der Waals surface area contributed by atoms with Gasteiger partial charge in [0.25, 0.3) is 5.91 Å². The minimum absolute atomic E-state index is 0.166. The summed E-state index contributed by atoms with van der Waals surface area (Å²) in [4.78, 5) is 33.7. The van der Waals surface area contributed by atoms with Crippen LogP contribution in [0.5, 0.6) is 0 Å². The van der Waals surface area contributed by atoms with E-state index >= 15 is 0 Å². The maximum atomic E-state index is 11.8. The van der Waals surface area contributed by atoms with Gasteiger partial charge in [-0.15, -0.1) is 0 Å². The number of aldehydes is 1. The minimum Gasteiger partial charge on any atom is -0.464 e. The smallest absolute Gasteiger partial charge is 0.331 e. The van der Waals surface area contributed by atoms with Crippen LogP contribution in [0.1, 0.15) is 27.6 Å². The highest BCUT2D eigenvalue weighted by Gasteiger charge is 2.21. The second-order valence-corrected chi connectivity index (χ2v) is 3.70. The number of benzene rings is 1. The predicted octanol–water partition coefficient (Wildman–Crippen LogP) is 0.153. The lowest BCUT2D eigenvalue weighted by Gasteiger charge is -2.14. The number of esters is 1. The van der Waals surface area contributed by atoms with E-state index in [1.54, 1.807) is 6.92 Å². The number of hydrogen-bond acceptors (Lipinski definition) is 5. The fourth-order valence-electron chi connectivity index (χ4n) is 1.38. The van der Waals surface area contributed by atoms with Crippen LogP contribution >= 0.6 is 0 Å². The van der Waals surface area contributed by atoms with Crippen molar-refractivity contribution < 1.29 is 24.2 Å². The number of ether oxygens (including phenoxy) is 1. The van der Waals surface area contributed by atoms with Gasteiger partial charge in [0.05, 0.1) is 13.2 Å². The van der Waals surface area contributed by atoms with Gasteiger partial charge in [-0.25, -0.2) is 4.79 Å². The Morgan fingerprint density at radius 2 is 2.00 bits per heavy atom. The molecule has 0 aliphatic carbocycles. The third kappa shape index (κ3) is 4.18. The predicted molar refractivity (Wildman–Crippen MR) is 66.8 cm³/mol. The van der Waals surface area contributed by atoms with Gasteiger partial charge in [-0.3, -0.25) is 9.59 Å². The quantitative estimate of drug-likeness (QED) is 0.564. The normalized spacial score (nSPS) is 11.5. The van der Waals surface area contributed by atoms with Crippen molar-refractivity contribution >= 4 is 18.2 Å². The molecule has 1 aromatic carbocycles. The van der Waals surface area contributed by atoms with E-state index < -0.39 is 24.5 Å². The summed E-state index contributed by atoms with van der Waals surface area (Å²) in [6.45, 7) is 1.25. The van der Waals surface area contributed by atoms with E-state index in [1.807, 2.05) is 0 Å². The lowest BCUT2D eigenvalue weighted by atomic mass is 10.1. The Bertz CT molecular complexity index is 455. The summed E-state index contributed by atoms with van der Waals surface area (Å²) in [7, 11) is 0. The first-order valence-corrected chi connectivity index (χ1v) is 5.76. The zero-order chi connectivity index (χ0) is 14.3. The van der Waals surface area contributed by atoms with Gasteiger partial charge in [0.1, 0.15) is 6.29 Å². The number of aliphatic hydroxyl groups is 1. The van der Waals surface area contributed by atoms with Crippen molar-refractivity contribution in [1.82, 2.24) is 5.32 Å². The zero-order valence-corrected chi connectivity index (χ0v) is 10.5. The Labute approximate surface area is 110 Å². The SMILES string of the molecule is CCOC(=O)C(CO)NC(=O)c1ccc(C=O)cc1. The number of carbonyl (C=O) groups excluding carboxylic acids is 3. The van der Waals surface area contributed by atoms with E-state index in [9.17, 15) is 14.4 Å². The molecule has 0 fully saturated rings. The highest BCUT2D eigenvalue weighted by atomic mass is 16.5. The van der Waals surface area contributed by atoms with Gasteiger partial charge in [0.2, 0.25) is 0 Å². The molecule has 0 bridgehead atoms. The molecule has 0 radical (unpaired) electrons. The third-order valence-electron chi connectivity index (χ3n) is 2.37. The Hall–Kier alpha value is -2.21. The van der Waals surface area contributed by atoms with Crippen molar-refractivity contribution in [2.75, 3.05) is 13.2 Å². The molecule has 0 aromatic heterocycles. The summed E-state index contributed by atoms with van der Waals surface area (Å²) >= 11 is 0. The molecule has 0 heterocycles. The summed E-state index contributed by atoms with van der Waals surface area (Å²) in [5.74, 6) is -1.22. The number of hydrogen-bond donors (Lipinski definition) is 2. The van der Waals surface area contributed by atoms with Crippen molar-refractivity contribution in [3.8, 4) is 0 Å². The van der Waals surface area contributed by atoms with Crippen molar-refractivity contribution in [1.29, 1.82) is 0 Å². The summed E-state index contributed by atoms with van der Waals surface area (Å²) in [6.07, 6.45) is 0.664. The highest BCUT2D eigenvalue weighted by Crippen LogP contribution is 2.03. The average molecular weight is 265 g/mol. The summed E-state index contributed by atoms with van der Waals surface area (Å²) in [6, 6.07) is 4.79. The summed E-state index contributed by atoms with van der Waals surface area (Å²) < 4.78 is 4.71. The summed E-state index contributed by atoms with van der Waals surface area (Å²) in [5.41, 5.74) is 0.731. The van der Waals surface area contributed by atoms with Gasteiger partial charge in [-0.1, -0.05) is 12.1 Å². The van der Waals surface area contributed by atoms with Crippen LogP contribution in [0, 0.1) is 0 Å². The van der Waals surface area contributed by atoms with Crippen molar-refractivity contribution in [3.63, 3.8) is 0 Å². The van der Waals surface area contributed by atoms with Gasteiger partial charge in [-0.2, -0.15) is 0 Å². The molecule has 19 heavy (non-hydrogen) atoms. The molecule has 1 rings (SSSR count). The van der Waals surface area contributed by atoms with Crippen LogP contribution in [-0.4, -0.2) is 42.5 Å². The number of nitrogens with one attached hydrogen (secondary N) is 1. The third-order valence-corrected chi connectivity index (χ3v) is 2.37. The first kappa shape index (κ1) is 14.8. The summed E-state index contributed by atoms with van der Waals surface area (Å²) in [5, 5.41) is 11.4. The van der Waals surface area contributed by atoms with Crippen LogP contribution in [-0.2, 0) is 9.53 Å². The van der Waals surface area contributed by atoms with E-state index in [0.29, 0.717) is 11.8 Å². The van der Waals surface area contributed by atoms with E-state index in [2.05, 4.69) is 5.32 Å². The molecular formula is C13H15NO5. The van der Waals surface area contributed by atoms with Gasteiger partial charge < -0.3 is 15.2 Å². The van der Waals surface area contributed by atoms with E-state index in [0.717, 1.165) is 0 Å². The molecule has 1 atom stereocenters. The molecule has 1 aromatic rings. The van der Waals surface area contributed by atoms with E-state index in [1.165, 1.54) is 24.3 Å². The first-order chi connectivity index (χ1) is 9.12. The zero-order valence-electron chi connectivity index (χ0n) is 10.5. The molecule has 0 aliphatic heterocycles. The number of carbonyl (C=O) groups is 3. The maximum Gasteiger partial charge on any atom is 0.331 e. The molecule has 0 saturated heterocycles. The second-order valence-electron chi connectivity index (χ2n) is 3.70. The van der Waals surface area contributed by atoms with Crippen LogP contribution in [0.2, 0.25) is 0 Å². The van der Waals surface area contributed by atoms with Crippen LogP contribution < -0.4 is 5.32 Å². The van der Waals surface area contributed by atoms with Crippen molar-refractivity contribution in [2.45, 2.75) is 13.0 Å².